The van der Waals surface area contributed by atoms with Crippen molar-refractivity contribution in [2.24, 2.45) is 5.73 Å². The van der Waals surface area contributed by atoms with Crippen molar-refractivity contribution >= 4 is 22.9 Å². The highest BCUT2D eigenvalue weighted by Gasteiger charge is 2.12. The number of thiazole rings is 1. The zero-order chi connectivity index (χ0) is 15.2. The summed E-state index contributed by atoms with van der Waals surface area (Å²) in [5.41, 5.74) is 6.44. The van der Waals surface area contributed by atoms with E-state index in [0.29, 0.717) is 35.8 Å². The van der Waals surface area contributed by atoms with Gasteiger partial charge in [0.15, 0.2) is 0 Å². The first-order valence-electron chi connectivity index (χ1n) is 6.35. The third-order valence-corrected chi connectivity index (χ3v) is 3.66. The number of ether oxygens (including phenoxy) is 2. The summed E-state index contributed by atoms with van der Waals surface area (Å²) in [4.78, 5) is 16.4. The molecule has 0 radical (unpaired) electrons. The Morgan fingerprint density at radius 2 is 1.95 bits per heavy atom. The van der Waals surface area contributed by atoms with Crippen molar-refractivity contribution in [3.05, 3.63) is 34.3 Å². The number of nitrogens with zero attached hydrogens (tertiary/aromatic N) is 1. The van der Waals surface area contributed by atoms with Crippen LogP contribution in [0.2, 0.25) is 0 Å². The summed E-state index contributed by atoms with van der Waals surface area (Å²) in [6, 6.07) is 5.17. The monoisotopic (exact) mass is 307 g/mol. The predicted molar refractivity (Wildman–Crippen MR) is 82.4 cm³/mol. The Kier molecular flexibility index (Phi) is 5.13. The standard InChI is InChI=1S/C14H17N3O3S/c1-19-10-5-9(6-11(7-10)20-2)16-14(18)12-8-21-13(17-12)3-4-15/h5-8H,3-4,15H2,1-2H3,(H,16,18). The van der Waals surface area contributed by atoms with Gasteiger partial charge in [-0.2, -0.15) is 0 Å². The summed E-state index contributed by atoms with van der Waals surface area (Å²) >= 11 is 1.43. The fraction of sp³-hybridized carbons (Fsp3) is 0.286. The van der Waals surface area contributed by atoms with Gasteiger partial charge >= 0.3 is 0 Å². The molecular weight excluding hydrogens is 290 g/mol. The minimum Gasteiger partial charge on any atom is -0.497 e. The van der Waals surface area contributed by atoms with Gasteiger partial charge in [0.05, 0.1) is 19.2 Å². The Morgan fingerprint density at radius 1 is 1.29 bits per heavy atom. The number of carbonyl (C=O) groups excluding carboxylic acids is 1. The Morgan fingerprint density at radius 3 is 2.52 bits per heavy atom. The quantitative estimate of drug-likeness (QED) is 0.851. The third-order valence-electron chi connectivity index (χ3n) is 2.75. The van der Waals surface area contributed by atoms with Crippen molar-refractivity contribution in [2.45, 2.75) is 6.42 Å². The Balaban J connectivity index is 2.14. The van der Waals surface area contributed by atoms with Crippen LogP contribution in [0, 0.1) is 0 Å². The molecule has 21 heavy (non-hydrogen) atoms. The van der Waals surface area contributed by atoms with Gasteiger partial charge in [0, 0.05) is 35.7 Å². The maximum Gasteiger partial charge on any atom is 0.275 e. The molecule has 0 unspecified atom stereocenters. The predicted octanol–water partition coefficient (Wildman–Crippen LogP) is 1.91. The van der Waals surface area contributed by atoms with Gasteiger partial charge in [0.2, 0.25) is 0 Å². The fourth-order valence-electron chi connectivity index (χ4n) is 1.73. The average molecular weight is 307 g/mol. The van der Waals surface area contributed by atoms with E-state index in [0.717, 1.165) is 5.01 Å². The topological polar surface area (TPSA) is 86.5 Å². The van der Waals surface area contributed by atoms with E-state index in [1.165, 1.54) is 11.3 Å². The number of anilines is 1. The number of rotatable bonds is 6. The molecule has 0 atom stereocenters. The molecule has 1 aromatic heterocycles. The van der Waals surface area contributed by atoms with Crippen LogP contribution in [0.1, 0.15) is 15.5 Å². The maximum atomic E-state index is 12.2. The lowest BCUT2D eigenvalue weighted by atomic mass is 10.2. The first-order chi connectivity index (χ1) is 10.2. The molecule has 0 saturated carbocycles. The van der Waals surface area contributed by atoms with Crippen molar-refractivity contribution in [3.8, 4) is 11.5 Å². The van der Waals surface area contributed by atoms with E-state index in [1.54, 1.807) is 37.8 Å². The summed E-state index contributed by atoms with van der Waals surface area (Å²) in [7, 11) is 3.11. The molecule has 0 aliphatic carbocycles. The summed E-state index contributed by atoms with van der Waals surface area (Å²) in [6.45, 7) is 0.516. The number of nitrogens with two attached hydrogens (primary N) is 1. The molecule has 0 spiro atoms. The second-order valence-electron chi connectivity index (χ2n) is 4.22. The fourth-order valence-corrected chi connectivity index (χ4v) is 2.52. The first kappa shape index (κ1) is 15.3. The largest absolute Gasteiger partial charge is 0.497 e. The first-order valence-corrected chi connectivity index (χ1v) is 7.23. The van der Waals surface area contributed by atoms with Gasteiger partial charge in [-0.25, -0.2) is 4.98 Å². The van der Waals surface area contributed by atoms with Crippen LogP contribution >= 0.6 is 11.3 Å². The van der Waals surface area contributed by atoms with Gasteiger partial charge in [0.25, 0.3) is 5.91 Å². The summed E-state index contributed by atoms with van der Waals surface area (Å²) in [6.07, 6.45) is 0.672. The van der Waals surface area contributed by atoms with Crippen molar-refractivity contribution in [3.63, 3.8) is 0 Å². The lowest BCUT2D eigenvalue weighted by molar-refractivity contribution is 0.102. The Bertz CT molecular complexity index is 605. The number of hydrogen-bond acceptors (Lipinski definition) is 6. The van der Waals surface area contributed by atoms with Gasteiger partial charge in [-0.15, -0.1) is 11.3 Å². The molecule has 0 bridgehead atoms. The van der Waals surface area contributed by atoms with Crippen molar-refractivity contribution in [1.29, 1.82) is 0 Å². The Hall–Kier alpha value is -2.12. The smallest absolute Gasteiger partial charge is 0.275 e. The second-order valence-corrected chi connectivity index (χ2v) is 5.16. The minimum absolute atomic E-state index is 0.273. The molecule has 6 nitrogen and oxygen atoms in total. The molecule has 3 N–H and O–H groups in total. The minimum atomic E-state index is -0.273. The maximum absolute atomic E-state index is 12.2. The highest BCUT2D eigenvalue weighted by molar-refractivity contribution is 7.09. The van der Waals surface area contributed by atoms with Gasteiger partial charge < -0.3 is 20.5 Å². The highest BCUT2D eigenvalue weighted by atomic mass is 32.1. The zero-order valence-corrected chi connectivity index (χ0v) is 12.7. The normalized spacial score (nSPS) is 10.2. The molecule has 0 saturated heterocycles. The van der Waals surface area contributed by atoms with Crippen LogP contribution in [0.5, 0.6) is 11.5 Å². The number of nitrogens with one attached hydrogen (secondary N) is 1. The van der Waals surface area contributed by atoms with Gasteiger partial charge in [-0.3, -0.25) is 4.79 Å². The van der Waals surface area contributed by atoms with E-state index in [-0.39, 0.29) is 5.91 Å². The lowest BCUT2D eigenvalue weighted by Crippen LogP contribution is -2.13. The van der Waals surface area contributed by atoms with Crippen LogP contribution in [0.4, 0.5) is 5.69 Å². The molecule has 1 amide bonds. The molecule has 2 rings (SSSR count). The molecule has 0 aliphatic heterocycles. The van der Waals surface area contributed by atoms with E-state index in [2.05, 4.69) is 10.3 Å². The number of amides is 1. The van der Waals surface area contributed by atoms with Crippen molar-refractivity contribution in [1.82, 2.24) is 4.98 Å². The number of hydrogen-bond donors (Lipinski definition) is 2. The Labute approximate surface area is 126 Å². The lowest BCUT2D eigenvalue weighted by Gasteiger charge is -2.09. The van der Waals surface area contributed by atoms with Gasteiger partial charge in [-0.05, 0) is 6.54 Å². The van der Waals surface area contributed by atoms with E-state index in [9.17, 15) is 4.79 Å². The summed E-state index contributed by atoms with van der Waals surface area (Å²) < 4.78 is 10.3. The second kappa shape index (κ2) is 7.05. The molecule has 0 aliphatic rings. The van der Waals surface area contributed by atoms with E-state index in [4.69, 9.17) is 15.2 Å². The highest BCUT2D eigenvalue weighted by Crippen LogP contribution is 2.26. The average Bonchev–Trinajstić information content (AvgIpc) is 2.96. The molecule has 2 aromatic rings. The van der Waals surface area contributed by atoms with Crippen LogP contribution in [-0.2, 0) is 6.42 Å². The van der Waals surface area contributed by atoms with Crippen LogP contribution < -0.4 is 20.5 Å². The molecule has 7 heteroatoms. The van der Waals surface area contributed by atoms with E-state index < -0.39 is 0 Å². The molecule has 0 fully saturated rings. The van der Waals surface area contributed by atoms with Crippen molar-refractivity contribution in [2.75, 3.05) is 26.1 Å². The number of methoxy groups -OCH3 is 2. The SMILES string of the molecule is COc1cc(NC(=O)c2csc(CCN)n2)cc(OC)c1. The number of benzene rings is 1. The van der Waals surface area contributed by atoms with Crippen LogP contribution in [0.25, 0.3) is 0 Å². The molecule has 1 aromatic carbocycles. The van der Waals surface area contributed by atoms with E-state index >= 15 is 0 Å². The van der Waals surface area contributed by atoms with Gasteiger partial charge in [0.1, 0.15) is 17.2 Å². The molecular formula is C14H17N3O3S. The third kappa shape index (κ3) is 3.93. The van der Waals surface area contributed by atoms with Gasteiger partial charge in [-0.1, -0.05) is 0 Å². The summed E-state index contributed by atoms with van der Waals surface area (Å²) in [5, 5.41) is 5.35. The zero-order valence-electron chi connectivity index (χ0n) is 11.9. The van der Waals surface area contributed by atoms with E-state index in [1.807, 2.05) is 0 Å². The molecule has 1 heterocycles. The molecule has 112 valence electrons. The number of aromatic nitrogens is 1. The number of carbonyl (C=O) groups is 1. The van der Waals surface area contributed by atoms with Crippen LogP contribution in [0.15, 0.2) is 23.6 Å². The van der Waals surface area contributed by atoms with Crippen LogP contribution in [0.3, 0.4) is 0 Å². The van der Waals surface area contributed by atoms with Crippen molar-refractivity contribution < 1.29 is 14.3 Å². The van der Waals surface area contributed by atoms with Crippen LogP contribution in [-0.4, -0.2) is 31.7 Å². The summed E-state index contributed by atoms with van der Waals surface area (Å²) in [5.74, 6) is 0.934.